The molecule has 0 radical (unpaired) electrons. The highest BCUT2D eigenvalue weighted by molar-refractivity contribution is 7.44. The highest BCUT2D eigenvalue weighted by Gasteiger charge is 2.54. The van der Waals surface area contributed by atoms with Gasteiger partial charge in [-0.2, -0.15) is 10.2 Å². The molecule has 1 aliphatic heterocycles. The van der Waals surface area contributed by atoms with Crippen LogP contribution in [0.1, 0.15) is 86.1 Å². The molecule has 2 unspecified atom stereocenters. The lowest BCUT2D eigenvalue weighted by Gasteiger charge is -2.42. The molecule has 0 spiro atoms. The molecule has 0 aliphatic carbocycles. The molecule has 1 aliphatic rings. The van der Waals surface area contributed by atoms with E-state index in [1.54, 1.807) is 14.2 Å². The van der Waals surface area contributed by atoms with E-state index in [4.69, 9.17) is 33.8 Å². The predicted octanol–water partition coefficient (Wildman–Crippen LogP) is 9.18. The maximum absolute atomic E-state index is 14.1. The molecule has 16 heteroatoms. The Bertz CT molecular complexity index is 2200. The molecule has 1 amide bonds. The summed E-state index contributed by atoms with van der Waals surface area (Å²) in [6.45, 7) is 20.1. The maximum atomic E-state index is 14.1. The van der Waals surface area contributed by atoms with Gasteiger partial charge >= 0.3 is 5.69 Å². The summed E-state index contributed by atoms with van der Waals surface area (Å²) >= 11 is 0. The maximum Gasteiger partial charge on any atom is 0.351 e. The van der Waals surface area contributed by atoms with Gasteiger partial charge in [0.15, 0.2) is 14.5 Å². The van der Waals surface area contributed by atoms with Crippen LogP contribution in [-0.2, 0) is 33.3 Å². The van der Waals surface area contributed by atoms with E-state index < -0.39 is 58.6 Å². The number of nitrogens with one attached hydrogen (secondary N) is 1. The van der Waals surface area contributed by atoms with E-state index in [1.807, 2.05) is 78.9 Å². The standard InChI is InChI=1S/C47H64N5O9PSi/c1-32(2)52(33(3)4)62(58-30-16-28-48)60-42-40(59-44(43(42)61-63(11,12)46(6,7)8)51-29-27-41(49-34(5)53)50-45(51)54)31-57-47(35-17-14-13-15-18-35,36-19-23-38(55-9)24-20-36)37-21-25-39(56-10)26-22-37/h13-15,17-27,29,32-33,40,42-44H,16,30-31H2,1-12H3,(H,49,50,53,54)/t40-,42?,43+,44-,62?/m1/s1/i27D,29+1. The van der Waals surface area contributed by atoms with Crippen LogP contribution in [-0.4, -0.2) is 86.3 Å². The quantitative estimate of drug-likeness (QED) is 0.0389. The lowest BCUT2D eigenvalue weighted by molar-refractivity contribution is -0.114. The first-order valence-corrected chi connectivity index (χ1v) is 25.3. The van der Waals surface area contributed by atoms with Gasteiger partial charge in [-0.05, 0) is 92.8 Å². The van der Waals surface area contributed by atoms with Crippen LogP contribution < -0.4 is 20.5 Å². The molecule has 1 aromatic heterocycles. The minimum absolute atomic E-state index is 0.0318. The lowest BCUT2D eigenvalue weighted by atomic mass is 9.80. The Balaban J connectivity index is 1.76. The molecule has 340 valence electrons. The minimum Gasteiger partial charge on any atom is -0.497 e. The summed E-state index contributed by atoms with van der Waals surface area (Å²) in [4.78, 5) is 30.2. The van der Waals surface area contributed by atoms with Gasteiger partial charge < -0.3 is 37.7 Å². The number of hydrogen-bond donors (Lipinski definition) is 1. The molecule has 63 heavy (non-hydrogen) atoms. The van der Waals surface area contributed by atoms with Gasteiger partial charge in [0.2, 0.25) is 5.91 Å². The van der Waals surface area contributed by atoms with E-state index >= 15 is 0 Å². The molecule has 5 rings (SSSR count). The number of rotatable bonds is 20. The van der Waals surface area contributed by atoms with Gasteiger partial charge in [0, 0.05) is 25.2 Å². The van der Waals surface area contributed by atoms with Crippen LogP contribution in [0.3, 0.4) is 0 Å². The van der Waals surface area contributed by atoms with E-state index in [0.29, 0.717) is 11.5 Å². The van der Waals surface area contributed by atoms with Crippen LogP contribution in [0.5, 0.6) is 11.5 Å². The van der Waals surface area contributed by atoms with Crippen molar-refractivity contribution >= 4 is 28.6 Å². The first-order chi connectivity index (χ1) is 30.3. The zero-order valence-corrected chi connectivity index (χ0v) is 40.5. The number of nitriles is 1. The fourth-order valence-electron chi connectivity index (χ4n) is 7.30. The van der Waals surface area contributed by atoms with Gasteiger partial charge in [0.05, 0.1) is 41.3 Å². The molecule has 2 heterocycles. The number of amides is 1. The largest absolute Gasteiger partial charge is 0.497 e. The fraction of sp³-hybridized carbons (Fsp3) is 0.489. The smallest absolute Gasteiger partial charge is 0.351 e. The van der Waals surface area contributed by atoms with Gasteiger partial charge in [-0.25, -0.2) is 9.46 Å². The summed E-state index contributed by atoms with van der Waals surface area (Å²) in [5.74, 6) is 0.694. The van der Waals surface area contributed by atoms with Gasteiger partial charge in [0.25, 0.3) is 8.53 Å². The normalized spacial score (nSPS) is 18.9. The molecule has 1 N–H and O–H groups in total. The van der Waals surface area contributed by atoms with Gasteiger partial charge in [0.1, 0.15) is 41.2 Å². The predicted molar refractivity (Wildman–Crippen MR) is 247 cm³/mol. The third kappa shape index (κ3) is 11.6. The summed E-state index contributed by atoms with van der Waals surface area (Å²) in [6.07, 6.45) is -2.55. The average Bonchev–Trinajstić information content (AvgIpc) is 3.57. The Hall–Kier alpha value is -4.49. The highest BCUT2D eigenvalue weighted by atomic mass is 31.2. The Morgan fingerprint density at radius 3 is 2.00 bits per heavy atom. The Morgan fingerprint density at radius 2 is 1.51 bits per heavy atom. The van der Waals surface area contributed by atoms with Crippen molar-refractivity contribution < 1.29 is 38.6 Å². The van der Waals surface area contributed by atoms with E-state index in [1.165, 1.54) is 17.7 Å². The number of anilines is 1. The topological polar surface area (TPSA) is 156 Å². The highest BCUT2D eigenvalue weighted by Crippen LogP contribution is 2.52. The summed E-state index contributed by atoms with van der Waals surface area (Å²) in [5.41, 5.74) is 0.414. The number of benzene rings is 3. The zero-order chi connectivity index (χ0) is 47.0. The second kappa shape index (κ2) is 21.5. The summed E-state index contributed by atoms with van der Waals surface area (Å²) in [6, 6.07) is 27.2. The Labute approximate surface area is 376 Å². The number of carbonyl (C=O) groups is 1. The van der Waals surface area contributed by atoms with Crippen LogP contribution in [0.2, 0.25) is 18.1 Å². The van der Waals surface area contributed by atoms with Crippen molar-refractivity contribution in [2.75, 3.05) is 32.8 Å². The fourth-order valence-corrected chi connectivity index (χ4v) is 10.4. The molecular formula is C47H64N5O9PSi. The molecule has 1 saturated heterocycles. The number of hydrogen-bond acceptors (Lipinski definition) is 12. The van der Waals surface area contributed by atoms with Crippen LogP contribution in [0.15, 0.2) is 95.9 Å². The summed E-state index contributed by atoms with van der Waals surface area (Å²) < 4.78 is 58.8. The van der Waals surface area contributed by atoms with E-state index in [-0.39, 0.29) is 48.6 Å². The van der Waals surface area contributed by atoms with Crippen molar-refractivity contribution in [1.82, 2.24) is 14.2 Å². The minimum atomic E-state index is -2.72. The molecule has 4 aromatic rings. The number of methoxy groups -OCH3 is 2. The van der Waals surface area contributed by atoms with E-state index in [0.717, 1.165) is 16.7 Å². The second-order valence-corrected chi connectivity index (χ2v) is 23.6. The van der Waals surface area contributed by atoms with Crippen molar-refractivity contribution in [2.45, 2.75) is 122 Å². The molecular weight excluding hydrogens is 839 g/mol. The van der Waals surface area contributed by atoms with Crippen LogP contribution in [0, 0.1) is 11.3 Å². The van der Waals surface area contributed by atoms with E-state index in [2.05, 4.69) is 82.6 Å². The molecule has 14 nitrogen and oxygen atoms in total. The van der Waals surface area contributed by atoms with Crippen molar-refractivity contribution in [3.8, 4) is 17.6 Å². The molecule has 0 bridgehead atoms. The zero-order valence-electron chi connectivity index (χ0n) is 39.6. The summed E-state index contributed by atoms with van der Waals surface area (Å²) in [7, 11) is -1.37. The third-order valence-corrected chi connectivity index (χ3v) is 18.0. The molecule has 5 atom stereocenters. The molecule has 0 saturated carbocycles. The van der Waals surface area contributed by atoms with Crippen LogP contribution >= 0.6 is 8.53 Å². The number of nitrogens with zero attached hydrogens (tertiary/aromatic N) is 4. The first kappa shape index (κ1) is 48.0. The van der Waals surface area contributed by atoms with Crippen molar-refractivity contribution in [3.63, 3.8) is 0 Å². The average molecular weight is 904 g/mol. The van der Waals surface area contributed by atoms with Gasteiger partial charge in [-0.1, -0.05) is 75.4 Å². The number of aromatic nitrogens is 2. The van der Waals surface area contributed by atoms with Crippen LogP contribution in [0.4, 0.5) is 5.82 Å². The SMILES string of the molecule is [2H]c1[13cH]n([C@@H]2O[C@H](COC(c3ccccc3)(c3ccc(OC)cc3)c3ccc(OC)cc3)C(OP(OCCC#N)N(C(C)C)C(C)C)[C@@H]2O[Si](C)(C)C(C)(C)C)c(=O)nc1NC(C)=O. The number of ether oxygens (including phenoxy) is 4. The monoisotopic (exact) mass is 903 g/mol. The lowest BCUT2D eigenvalue weighted by Crippen LogP contribution is -2.50. The van der Waals surface area contributed by atoms with Crippen LogP contribution in [0.25, 0.3) is 0 Å². The van der Waals surface area contributed by atoms with Crippen molar-refractivity contribution in [2.24, 2.45) is 0 Å². The molecule has 3 aromatic carbocycles. The third-order valence-electron chi connectivity index (χ3n) is 11.4. The Kier molecular flexibility index (Phi) is 16.3. The van der Waals surface area contributed by atoms with Gasteiger partial charge in [-0.15, -0.1) is 0 Å². The van der Waals surface area contributed by atoms with Gasteiger partial charge in [-0.3, -0.25) is 9.36 Å². The van der Waals surface area contributed by atoms with Crippen molar-refractivity contribution in [3.05, 3.63) is 118 Å². The molecule has 1 fully saturated rings. The number of carbonyl (C=O) groups excluding carboxylic acids is 1. The summed E-state index contributed by atoms with van der Waals surface area (Å²) in [5, 5.41) is 11.7. The first-order valence-electron chi connectivity index (χ1n) is 21.7. The van der Waals surface area contributed by atoms with E-state index in [9.17, 15) is 14.9 Å². The van der Waals surface area contributed by atoms with Crippen molar-refractivity contribution in [1.29, 1.82) is 5.26 Å². The Morgan fingerprint density at radius 1 is 0.952 bits per heavy atom. The second-order valence-electron chi connectivity index (χ2n) is 17.4.